The van der Waals surface area contributed by atoms with Crippen LogP contribution in [0.4, 0.5) is 10.7 Å². The maximum Gasteiger partial charge on any atom is 0.410 e. The number of hydrogen-bond acceptors (Lipinski definition) is 7. The first-order valence-corrected chi connectivity index (χ1v) is 14.3. The molecular weight excluding hydrogens is 498 g/mol. The Morgan fingerprint density at radius 3 is 2.54 bits per heavy atom. The Kier molecular flexibility index (Phi) is 9.38. The van der Waals surface area contributed by atoms with E-state index in [0.717, 1.165) is 51.5 Å². The fraction of sp³-hybridized carbons (Fsp3) is 0.714. The van der Waals surface area contributed by atoms with Crippen molar-refractivity contribution in [1.29, 1.82) is 0 Å². The molecule has 0 bridgehead atoms. The first-order valence-electron chi connectivity index (χ1n) is 14.3. The number of unbranched alkanes of at least 4 members (excludes halogenated alkanes) is 1. The lowest BCUT2D eigenvalue weighted by Gasteiger charge is -2.31. The van der Waals surface area contributed by atoms with Gasteiger partial charge >= 0.3 is 11.8 Å². The average Bonchev–Trinajstić information content (AvgIpc) is 3.30. The second-order valence-electron chi connectivity index (χ2n) is 11.1. The molecule has 0 saturated carbocycles. The van der Waals surface area contributed by atoms with Gasteiger partial charge in [0, 0.05) is 45.8 Å². The molecule has 0 radical (unpaired) electrons. The number of hydrogen-bond donors (Lipinski definition) is 1. The van der Waals surface area contributed by atoms with Crippen molar-refractivity contribution in [2.45, 2.75) is 91.0 Å². The van der Waals surface area contributed by atoms with Crippen molar-refractivity contribution in [3.05, 3.63) is 20.8 Å². The number of fused-ring (bicyclic) bond motifs is 1. The summed E-state index contributed by atoms with van der Waals surface area (Å²) in [5.74, 6) is 7.16. The Bertz CT molecular complexity index is 1340. The zero-order chi connectivity index (χ0) is 28.1. The van der Waals surface area contributed by atoms with Gasteiger partial charge in [0.2, 0.25) is 5.95 Å². The molecule has 11 nitrogen and oxygen atoms in total. The molecule has 2 aliphatic rings. The van der Waals surface area contributed by atoms with E-state index in [1.807, 2.05) is 18.4 Å². The highest BCUT2D eigenvalue weighted by Crippen LogP contribution is 2.24. The second kappa shape index (κ2) is 12.7. The fourth-order valence-corrected chi connectivity index (χ4v) is 5.68. The van der Waals surface area contributed by atoms with E-state index in [2.05, 4.69) is 16.7 Å². The van der Waals surface area contributed by atoms with E-state index in [1.165, 1.54) is 9.13 Å². The second-order valence-corrected chi connectivity index (χ2v) is 11.1. The van der Waals surface area contributed by atoms with Gasteiger partial charge in [-0.3, -0.25) is 18.5 Å². The zero-order valence-electron chi connectivity index (χ0n) is 23.8. The molecule has 4 rings (SSSR count). The number of ether oxygens (including phenoxy) is 1. The molecule has 2 aromatic rings. The Balaban J connectivity index is 1.46. The summed E-state index contributed by atoms with van der Waals surface area (Å²) in [4.78, 5) is 47.6. The summed E-state index contributed by atoms with van der Waals surface area (Å²) < 4.78 is 9.98. The third-order valence-electron chi connectivity index (χ3n) is 7.82. The largest absolute Gasteiger partial charge is 0.447 e. The molecule has 4 heterocycles. The van der Waals surface area contributed by atoms with E-state index in [-0.39, 0.29) is 29.5 Å². The minimum absolute atomic E-state index is 0.0471. The summed E-state index contributed by atoms with van der Waals surface area (Å²) in [6.07, 6.45) is 6.10. The van der Waals surface area contributed by atoms with Crippen molar-refractivity contribution in [3.63, 3.8) is 0 Å². The Morgan fingerprint density at radius 2 is 1.87 bits per heavy atom. The number of nitrogens with two attached hydrogens (primary N) is 1. The van der Waals surface area contributed by atoms with Crippen LogP contribution < -0.4 is 21.9 Å². The van der Waals surface area contributed by atoms with Crippen LogP contribution in [-0.2, 0) is 24.9 Å². The van der Waals surface area contributed by atoms with E-state index < -0.39 is 0 Å². The van der Waals surface area contributed by atoms with E-state index in [9.17, 15) is 14.4 Å². The van der Waals surface area contributed by atoms with Crippen molar-refractivity contribution in [3.8, 4) is 11.8 Å². The normalized spacial score (nSPS) is 18.5. The number of anilines is 1. The molecule has 0 aliphatic carbocycles. The lowest BCUT2D eigenvalue weighted by molar-refractivity contribution is 0.0646. The van der Waals surface area contributed by atoms with Gasteiger partial charge in [0.15, 0.2) is 11.2 Å². The van der Waals surface area contributed by atoms with Gasteiger partial charge < -0.3 is 20.3 Å². The number of aryl methyl sites for hydroxylation is 1. The minimum atomic E-state index is -0.349. The van der Waals surface area contributed by atoms with Crippen LogP contribution in [0, 0.1) is 17.8 Å². The summed E-state index contributed by atoms with van der Waals surface area (Å²) >= 11 is 0. The van der Waals surface area contributed by atoms with Crippen LogP contribution in [0.25, 0.3) is 11.2 Å². The van der Waals surface area contributed by atoms with Crippen molar-refractivity contribution in [2.24, 2.45) is 18.7 Å². The number of rotatable bonds is 8. The number of nitrogens with zero attached hydrogens (tertiary/aromatic N) is 6. The van der Waals surface area contributed by atoms with Crippen molar-refractivity contribution >= 4 is 23.2 Å². The van der Waals surface area contributed by atoms with Crippen LogP contribution in [0.15, 0.2) is 9.59 Å². The number of likely N-dealkylation sites (tertiary alicyclic amines) is 1. The quantitative estimate of drug-likeness (QED) is 0.402. The summed E-state index contributed by atoms with van der Waals surface area (Å²) in [6.45, 7) is 9.05. The van der Waals surface area contributed by atoms with Crippen LogP contribution in [0.2, 0.25) is 0 Å². The number of imidazole rings is 1. The van der Waals surface area contributed by atoms with Gasteiger partial charge in [0.05, 0.1) is 12.6 Å². The smallest absolute Gasteiger partial charge is 0.410 e. The molecule has 0 unspecified atom stereocenters. The van der Waals surface area contributed by atoms with Crippen LogP contribution in [-0.4, -0.2) is 68.0 Å². The van der Waals surface area contributed by atoms with Gasteiger partial charge in [-0.15, -0.1) is 5.92 Å². The monoisotopic (exact) mass is 541 g/mol. The molecule has 214 valence electrons. The van der Waals surface area contributed by atoms with Crippen molar-refractivity contribution in [1.82, 2.24) is 23.6 Å². The Labute approximate surface area is 229 Å². The zero-order valence-corrected chi connectivity index (χ0v) is 23.8. The SMILES string of the molecule is CC#CCn1c(N2CCC[C@@H](N)C2)nc2c1c(=O)n(CCCCC1CCN(C(=O)OC(C)C)CC1)c(=O)n2C. The summed E-state index contributed by atoms with van der Waals surface area (Å²) in [5, 5.41) is 0. The van der Waals surface area contributed by atoms with Crippen LogP contribution >= 0.6 is 0 Å². The van der Waals surface area contributed by atoms with Crippen molar-refractivity contribution < 1.29 is 9.53 Å². The molecule has 2 aromatic heterocycles. The van der Waals surface area contributed by atoms with Gasteiger partial charge in [0.25, 0.3) is 5.56 Å². The summed E-state index contributed by atoms with van der Waals surface area (Å²) in [7, 11) is 1.67. The molecule has 2 aliphatic heterocycles. The highest BCUT2D eigenvalue weighted by molar-refractivity contribution is 5.75. The molecule has 2 fully saturated rings. The summed E-state index contributed by atoms with van der Waals surface area (Å²) in [5.41, 5.74) is 6.35. The molecule has 0 spiro atoms. The number of aromatic nitrogens is 4. The van der Waals surface area contributed by atoms with Gasteiger partial charge in [-0.2, -0.15) is 4.98 Å². The highest BCUT2D eigenvalue weighted by Gasteiger charge is 2.27. The van der Waals surface area contributed by atoms with Gasteiger partial charge in [-0.25, -0.2) is 9.59 Å². The van der Waals surface area contributed by atoms with Gasteiger partial charge in [-0.1, -0.05) is 18.8 Å². The molecule has 1 atom stereocenters. The molecule has 2 saturated heterocycles. The number of piperidine rings is 2. The van der Waals surface area contributed by atoms with E-state index in [4.69, 9.17) is 15.5 Å². The lowest BCUT2D eigenvalue weighted by atomic mass is 9.92. The van der Waals surface area contributed by atoms with E-state index in [0.29, 0.717) is 55.8 Å². The highest BCUT2D eigenvalue weighted by atomic mass is 16.6. The number of amides is 1. The topological polar surface area (TPSA) is 121 Å². The number of carbonyl (C=O) groups excluding carboxylic acids is 1. The van der Waals surface area contributed by atoms with Crippen molar-refractivity contribution in [2.75, 3.05) is 31.1 Å². The predicted octanol–water partition coefficient (Wildman–Crippen LogP) is 2.27. The maximum absolute atomic E-state index is 13.7. The lowest BCUT2D eigenvalue weighted by Crippen LogP contribution is -2.44. The third kappa shape index (κ3) is 6.49. The number of carbonyl (C=O) groups is 1. The van der Waals surface area contributed by atoms with Crippen LogP contribution in [0.3, 0.4) is 0 Å². The first kappa shape index (κ1) is 28.7. The Hall–Kier alpha value is -3.26. The third-order valence-corrected chi connectivity index (χ3v) is 7.82. The Morgan fingerprint density at radius 1 is 1.13 bits per heavy atom. The molecule has 11 heteroatoms. The molecule has 39 heavy (non-hydrogen) atoms. The molecular formula is C28H43N7O4. The summed E-state index contributed by atoms with van der Waals surface area (Å²) in [6, 6.07) is 0.0471. The minimum Gasteiger partial charge on any atom is -0.447 e. The average molecular weight is 542 g/mol. The first-order chi connectivity index (χ1) is 18.7. The molecule has 0 aromatic carbocycles. The van der Waals surface area contributed by atoms with E-state index in [1.54, 1.807) is 18.9 Å². The van der Waals surface area contributed by atoms with Crippen LogP contribution in [0.1, 0.15) is 65.7 Å². The standard InChI is InChI=1S/C28H43N7O4/c1-5-6-15-34-23-24(30-26(34)33-14-9-11-22(29)19-33)31(4)27(37)35(25(23)36)16-8-7-10-21-12-17-32(18-13-21)28(38)39-20(2)3/h20-22H,7-19,29H2,1-4H3/t22-/m1/s1. The fourth-order valence-electron chi connectivity index (χ4n) is 5.68. The van der Waals surface area contributed by atoms with Crippen LogP contribution in [0.5, 0.6) is 0 Å². The van der Waals surface area contributed by atoms with Gasteiger partial charge in [-0.05, 0) is 58.8 Å². The predicted molar refractivity (Wildman–Crippen MR) is 152 cm³/mol. The molecule has 1 amide bonds. The molecule has 2 N–H and O–H groups in total. The van der Waals surface area contributed by atoms with Gasteiger partial charge in [0.1, 0.15) is 0 Å². The maximum atomic E-state index is 13.7. The van der Waals surface area contributed by atoms with E-state index >= 15 is 0 Å².